The van der Waals surface area contributed by atoms with E-state index in [0.717, 1.165) is 17.0 Å². The van der Waals surface area contributed by atoms with Crippen molar-refractivity contribution < 1.29 is 14.4 Å². The summed E-state index contributed by atoms with van der Waals surface area (Å²) >= 11 is 1.50. The Bertz CT molecular complexity index is 591. The molecule has 0 spiro atoms. The van der Waals surface area contributed by atoms with Crippen LogP contribution in [0.2, 0.25) is 0 Å². The van der Waals surface area contributed by atoms with Crippen molar-refractivity contribution in [1.29, 1.82) is 0 Å². The van der Waals surface area contributed by atoms with Crippen LogP contribution in [0.4, 0.5) is 5.69 Å². The molecule has 6 heteroatoms. The van der Waals surface area contributed by atoms with Gasteiger partial charge in [0, 0.05) is 23.1 Å². The average molecular weight is 292 g/mol. The van der Waals surface area contributed by atoms with E-state index in [-0.39, 0.29) is 11.7 Å². The highest BCUT2D eigenvalue weighted by Gasteiger charge is 2.10. The third-order valence-corrected chi connectivity index (χ3v) is 3.75. The van der Waals surface area contributed by atoms with Crippen molar-refractivity contribution >= 4 is 23.4 Å². The van der Waals surface area contributed by atoms with Gasteiger partial charge >= 0.3 is 0 Å². The molecule has 1 amide bonds. The fourth-order valence-corrected chi connectivity index (χ4v) is 2.71. The number of nitrogens with one attached hydrogen (secondary N) is 1. The molecule has 0 aliphatic heterocycles. The van der Waals surface area contributed by atoms with E-state index in [1.807, 2.05) is 13.8 Å². The van der Waals surface area contributed by atoms with Crippen molar-refractivity contribution in [2.45, 2.75) is 19.6 Å². The summed E-state index contributed by atoms with van der Waals surface area (Å²) in [6.07, 6.45) is 0. The molecule has 0 fully saturated rings. The van der Waals surface area contributed by atoms with E-state index in [9.17, 15) is 9.90 Å². The Kier molecular flexibility index (Phi) is 4.68. The molecule has 20 heavy (non-hydrogen) atoms. The average Bonchev–Trinajstić information content (AvgIpc) is 2.70. The van der Waals surface area contributed by atoms with Crippen LogP contribution in [-0.2, 0) is 10.5 Å². The monoisotopic (exact) mass is 292 g/mol. The molecule has 5 nitrogen and oxygen atoms in total. The molecule has 2 aromatic rings. The van der Waals surface area contributed by atoms with Crippen molar-refractivity contribution in [2.24, 2.45) is 0 Å². The first-order valence-electron chi connectivity index (χ1n) is 6.14. The highest BCUT2D eigenvalue weighted by atomic mass is 32.2. The van der Waals surface area contributed by atoms with Crippen LogP contribution in [0.1, 0.15) is 17.0 Å². The predicted octanol–water partition coefficient (Wildman–Crippen LogP) is 2.87. The van der Waals surface area contributed by atoms with Crippen LogP contribution in [0.3, 0.4) is 0 Å². The molecule has 0 saturated heterocycles. The predicted molar refractivity (Wildman–Crippen MR) is 78.9 cm³/mol. The molecule has 2 N–H and O–H groups in total. The van der Waals surface area contributed by atoms with Crippen molar-refractivity contribution in [3.63, 3.8) is 0 Å². The number of phenolic OH excluding ortho intramolecular Hbond substituents is 1. The molecular weight excluding hydrogens is 276 g/mol. The number of amides is 1. The number of aromatic nitrogens is 1. The number of carbonyl (C=O) groups is 1. The fraction of sp³-hybridized carbons (Fsp3) is 0.286. The van der Waals surface area contributed by atoms with E-state index in [4.69, 9.17) is 4.52 Å². The lowest BCUT2D eigenvalue weighted by atomic mass is 10.2. The SMILES string of the molecule is Cc1noc(C)c1CSCC(=O)Nc1cccc(O)c1. The zero-order valence-corrected chi connectivity index (χ0v) is 12.2. The van der Waals surface area contributed by atoms with E-state index in [1.54, 1.807) is 18.2 Å². The van der Waals surface area contributed by atoms with Crippen LogP contribution >= 0.6 is 11.8 Å². The number of rotatable bonds is 5. The molecule has 2 rings (SSSR count). The molecule has 0 atom stereocenters. The molecule has 0 bridgehead atoms. The number of aromatic hydroxyl groups is 1. The van der Waals surface area contributed by atoms with Gasteiger partial charge in [0.15, 0.2) is 0 Å². The van der Waals surface area contributed by atoms with E-state index in [2.05, 4.69) is 10.5 Å². The number of anilines is 1. The highest BCUT2D eigenvalue weighted by molar-refractivity contribution is 7.99. The number of carbonyl (C=O) groups excluding carboxylic acids is 1. The van der Waals surface area contributed by atoms with E-state index in [1.165, 1.54) is 17.8 Å². The minimum Gasteiger partial charge on any atom is -0.508 e. The maximum Gasteiger partial charge on any atom is 0.234 e. The third kappa shape index (κ3) is 3.77. The van der Waals surface area contributed by atoms with Gasteiger partial charge in [0.2, 0.25) is 5.91 Å². The van der Waals surface area contributed by atoms with Gasteiger partial charge in [-0.05, 0) is 26.0 Å². The number of thioether (sulfide) groups is 1. The van der Waals surface area contributed by atoms with Gasteiger partial charge in [-0.1, -0.05) is 11.2 Å². The van der Waals surface area contributed by atoms with Gasteiger partial charge in [-0.3, -0.25) is 4.79 Å². The Hall–Kier alpha value is -1.95. The molecule has 0 aliphatic rings. The molecule has 1 aromatic heterocycles. The lowest BCUT2D eigenvalue weighted by Crippen LogP contribution is -2.14. The maximum absolute atomic E-state index is 11.8. The Morgan fingerprint density at radius 3 is 2.90 bits per heavy atom. The van der Waals surface area contributed by atoms with Crippen molar-refractivity contribution in [3.05, 3.63) is 41.3 Å². The zero-order valence-electron chi connectivity index (χ0n) is 11.3. The number of hydrogen-bond acceptors (Lipinski definition) is 5. The Balaban J connectivity index is 1.81. The second-order valence-corrected chi connectivity index (χ2v) is 5.38. The first kappa shape index (κ1) is 14.5. The Morgan fingerprint density at radius 2 is 2.25 bits per heavy atom. The first-order valence-corrected chi connectivity index (χ1v) is 7.30. The standard InChI is InChI=1S/C14H16N2O3S/c1-9-13(10(2)19-16-9)7-20-8-14(18)15-11-4-3-5-12(17)6-11/h3-6,17H,7-8H2,1-2H3,(H,15,18). The molecule has 1 heterocycles. The van der Waals surface area contributed by atoms with Crippen LogP contribution in [0.15, 0.2) is 28.8 Å². The lowest BCUT2D eigenvalue weighted by Gasteiger charge is -2.05. The van der Waals surface area contributed by atoms with Gasteiger partial charge in [0.05, 0.1) is 11.4 Å². The maximum atomic E-state index is 11.8. The fourth-order valence-electron chi connectivity index (χ4n) is 1.73. The molecule has 0 aliphatic carbocycles. The summed E-state index contributed by atoms with van der Waals surface area (Å²) in [6.45, 7) is 3.75. The van der Waals surface area contributed by atoms with Crippen molar-refractivity contribution in [1.82, 2.24) is 5.16 Å². The summed E-state index contributed by atoms with van der Waals surface area (Å²) in [5.74, 6) is 1.84. The van der Waals surface area contributed by atoms with Crippen LogP contribution in [0.5, 0.6) is 5.75 Å². The van der Waals surface area contributed by atoms with Crippen LogP contribution in [-0.4, -0.2) is 21.9 Å². The summed E-state index contributed by atoms with van der Waals surface area (Å²) in [6, 6.07) is 6.48. The minimum atomic E-state index is -0.104. The first-order chi connectivity index (χ1) is 9.56. The number of benzene rings is 1. The lowest BCUT2D eigenvalue weighted by molar-refractivity contribution is -0.113. The molecule has 0 radical (unpaired) electrons. The second kappa shape index (κ2) is 6.47. The number of phenols is 1. The van der Waals surface area contributed by atoms with E-state index in [0.29, 0.717) is 17.2 Å². The van der Waals surface area contributed by atoms with Crippen LogP contribution < -0.4 is 5.32 Å². The summed E-state index contributed by atoms with van der Waals surface area (Å²) in [5, 5.41) is 15.9. The molecular formula is C14H16N2O3S. The van der Waals surface area contributed by atoms with Crippen molar-refractivity contribution in [2.75, 3.05) is 11.1 Å². The largest absolute Gasteiger partial charge is 0.508 e. The summed E-state index contributed by atoms with van der Waals surface area (Å²) in [5.41, 5.74) is 2.50. The molecule has 0 saturated carbocycles. The molecule has 1 aromatic carbocycles. The van der Waals surface area contributed by atoms with Gasteiger partial charge < -0.3 is 14.9 Å². The van der Waals surface area contributed by atoms with Crippen LogP contribution in [0, 0.1) is 13.8 Å². The van der Waals surface area contributed by atoms with E-state index >= 15 is 0 Å². The van der Waals surface area contributed by atoms with Gasteiger partial charge in [-0.2, -0.15) is 0 Å². The summed E-state index contributed by atoms with van der Waals surface area (Å²) < 4.78 is 5.07. The highest BCUT2D eigenvalue weighted by Crippen LogP contribution is 2.20. The molecule has 106 valence electrons. The Morgan fingerprint density at radius 1 is 1.45 bits per heavy atom. The number of nitrogens with zero attached hydrogens (tertiary/aromatic N) is 1. The van der Waals surface area contributed by atoms with Crippen molar-refractivity contribution in [3.8, 4) is 5.75 Å². The van der Waals surface area contributed by atoms with Gasteiger partial charge in [-0.15, -0.1) is 11.8 Å². The van der Waals surface area contributed by atoms with Gasteiger partial charge in [-0.25, -0.2) is 0 Å². The smallest absolute Gasteiger partial charge is 0.234 e. The molecule has 0 unspecified atom stereocenters. The third-order valence-electron chi connectivity index (χ3n) is 2.79. The summed E-state index contributed by atoms with van der Waals surface area (Å²) in [7, 11) is 0. The number of aryl methyl sites for hydroxylation is 2. The Labute approximate surface area is 121 Å². The topological polar surface area (TPSA) is 75.4 Å². The quantitative estimate of drug-likeness (QED) is 0.886. The summed E-state index contributed by atoms with van der Waals surface area (Å²) in [4.78, 5) is 11.8. The second-order valence-electron chi connectivity index (χ2n) is 4.39. The van der Waals surface area contributed by atoms with E-state index < -0.39 is 0 Å². The van der Waals surface area contributed by atoms with Crippen LogP contribution in [0.25, 0.3) is 0 Å². The minimum absolute atomic E-state index is 0.104. The zero-order chi connectivity index (χ0) is 14.5. The normalized spacial score (nSPS) is 10.5. The number of hydrogen-bond donors (Lipinski definition) is 2. The van der Waals surface area contributed by atoms with Gasteiger partial charge in [0.25, 0.3) is 0 Å². The van der Waals surface area contributed by atoms with Gasteiger partial charge in [0.1, 0.15) is 11.5 Å².